The van der Waals surface area contributed by atoms with Crippen LogP contribution in [-0.4, -0.2) is 6.04 Å². The number of nitrogens with two attached hydrogens (primary N) is 1. The van der Waals surface area contributed by atoms with E-state index in [1.54, 1.807) is 0 Å². The molecule has 0 aliphatic rings. The van der Waals surface area contributed by atoms with Gasteiger partial charge in [0.15, 0.2) is 0 Å². The topological polar surface area (TPSA) is 26.0 Å². The van der Waals surface area contributed by atoms with Crippen LogP contribution in [0.15, 0.2) is 24.3 Å². The molecular formula is C14H22ClN. The highest BCUT2D eigenvalue weighted by atomic mass is 35.5. The predicted octanol–water partition coefficient (Wildman–Crippen LogP) is 4.04. The molecule has 1 unspecified atom stereocenters. The fourth-order valence-electron chi connectivity index (χ4n) is 2.10. The third kappa shape index (κ3) is 4.54. The van der Waals surface area contributed by atoms with Gasteiger partial charge in [0, 0.05) is 11.1 Å². The minimum atomic E-state index is 0.253. The van der Waals surface area contributed by atoms with Crippen LogP contribution >= 0.6 is 11.6 Å². The molecule has 16 heavy (non-hydrogen) atoms. The first-order valence-corrected chi connectivity index (χ1v) is 6.53. The molecule has 2 N–H and O–H groups in total. The lowest BCUT2D eigenvalue weighted by atomic mass is 9.92. The number of benzene rings is 1. The summed E-state index contributed by atoms with van der Waals surface area (Å²) in [7, 11) is 0. The molecule has 2 heteroatoms. The number of hydrogen-bond acceptors (Lipinski definition) is 1. The summed E-state index contributed by atoms with van der Waals surface area (Å²) < 4.78 is 0. The van der Waals surface area contributed by atoms with Crippen molar-refractivity contribution in [2.45, 2.75) is 45.6 Å². The Morgan fingerprint density at radius 1 is 1.25 bits per heavy atom. The molecule has 0 spiro atoms. The molecular weight excluding hydrogens is 218 g/mol. The van der Waals surface area contributed by atoms with E-state index in [2.05, 4.69) is 19.9 Å². The summed E-state index contributed by atoms with van der Waals surface area (Å²) in [5, 5.41) is 0.798. The van der Waals surface area contributed by atoms with E-state index < -0.39 is 0 Å². The Balaban J connectivity index is 2.47. The van der Waals surface area contributed by atoms with E-state index in [1.807, 2.05) is 18.2 Å². The summed E-state index contributed by atoms with van der Waals surface area (Å²) in [6, 6.07) is 8.25. The molecule has 1 nitrogen and oxygen atoms in total. The van der Waals surface area contributed by atoms with Crippen LogP contribution in [0.5, 0.6) is 0 Å². The lowest BCUT2D eigenvalue weighted by Gasteiger charge is -2.18. The molecule has 1 rings (SSSR count). The maximum atomic E-state index is 6.16. The van der Waals surface area contributed by atoms with E-state index in [-0.39, 0.29) is 6.04 Å². The molecule has 0 radical (unpaired) electrons. The maximum absolute atomic E-state index is 6.16. The molecule has 0 amide bonds. The normalized spacial score (nSPS) is 13.1. The van der Waals surface area contributed by atoms with E-state index in [9.17, 15) is 0 Å². The Kier molecular flexibility index (Phi) is 5.86. The first-order valence-electron chi connectivity index (χ1n) is 6.15. The zero-order valence-electron chi connectivity index (χ0n) is 10.2. The molecule has 0 aliphatic carbocycles. The van der Waals surface area contributed by atoms with Gasteiger partial charge in [-0.15, -0.1) is 0 Å². The van der Waals surface area contributed by atoms with Crippen LogP contribution in [0.4, 0.5) is 0 Å². The summed E-state index contributed by atoms with van der Waals surface area (Å²) in [5.41, 5.74) is 7.41. The van der Waals surface area contributed by atoms with E-state index in [4.69, 9.17) is 17.3 Å². The van der Waals surface area contributed by atoms with Crippen LogP contribution in [0, 0.1) is 5.92 Å². The van der Waals surface area contributed by atoms with Crippen molar-refractivity contribution in [2.24, 2.45) is 11.7 Å². The van der Waals surface area contributed by atoms with Crippen LogP contribution in [0.3, 0.4) is 0 Å². The second kappa shape index (κ2) is 6.93. The van der Waals surface area contributed by atoms with Gasteiger partial charge >= 0.3 is 0 Å². The van der Waals surface area contributed by atoms with Gasteiger partial charge in [-0.05, 0) is 36.5 Å². The molecule has 0 bridgehead atoms. The molecule has 0 aliphatic heterocycles. The minimum Gasteiger partial charge on any atom is -0.327 e. The van der Waals surface area contributed by atoms with Gasteiger partial charge < -0.3 is 5.73 Å². The highest BCUT2D eigenvalue weighted by molar-refractivity contribution is 6.30. The largest absolute Gasteiger partial charge is 0.327 e. The van der Waals surface area contributed by atoms with Crippen LogP contribution < -0.4 is 5.73 Å². The Morgan fingerprint density at radius 2 is 1.94 bits per heavy atom. The first kappa shape index (κ1) is 13.5. The van der Waals surface area contributed by atoms with Crippen LogP contribution in [0.1, 0.15) is 38.7 Å². The smallest absolute Gasteiger partial charge is 0.0408 e. The van der Waals surface area contributed by atoms with Crippen molar-refractivity contribution in [3.8, 4) is 0 Å². The zero-order valence-corrected chi connectivity index (χ0v) is 11.0. The van der Waals surface area contributed by atoms with Gasteiger partial charge in [0.1, 0.15) is 0 Å². The molecule has 0 saturated carbocycles. The van der Waals surface area contributed by atoms with Crippen molar-refractivity contribution in [3.05, 3.63) is 34.9 Å². The van der Waals surface area contributed by atoms with Crippen molar-refractivity contribution in [3.63, 3.8) is 0 Å². The zero-order chi connectivity index (χ0) is 12.0. The lowest BCUT2D eigenvalue weighted by Crippen LogP contribution is -2.25. The molecule has 1 aromatic carbocycles. The monoisotopic (exact) mass is 239 g/mol. The predicted molar refractivity (Wildman–Crippen MR) is 71.8 cm³/mol. The summed E-state index contributed by atoms with van der Waals surface area (Å²) >= 11 is 5.95. The quantitative estimate of drug-likeness (QED) is 0.797. The van der Waals surface area contributed by atoms with E-state index >= 15 is 0 Å². The molecule has 90 valence electrons. The average Bonchev–Trinajstić information content (AvgIpc) is 2.26. The Bertz CT molecular complexity index is 307. The van der Waals surface area contributed by atoms with Crippen molar-refractivity contribution >= 4 is 11.6 Å². The second-order valence-electron chi connectivity index (χ2n) is 4.51. The highest BCUT2D eigenvalue weighted by Crippen LogP contribution is 2.17. The minimum absolute atomic E-state index is 0.253. The SMILES string of the molecule is CCC(CC)CC(N)Cc1cccc(Cl)c1. The van der Waals surface area contributed by atoms with Crippen LogP contribution in [0.2, 0.25) is 5.02 Å². The van der Waals surface area contributed by atoms with Crippen LogP contribution in [-0.2, 0) is 6.42 Å². The first-order chi connectivity index (χ1) is 7.65. The Hall–Kier alpha value is -0.530. The number of rotatable bonds is 6. The third-order valence-electron chi connectivity index (χ3n) is 3.18. The molecule has 1 atom stereocenters. The molecule has 0 fully saturated rings. The van der Waals surface area contributed by atoms with Gasteiger partial charge in [0.05, 0.1) is 0 Å². The van der Waals surface area contributed by atoms with E-state index in [1.165, 1.54) is 18.4 Å². The third-order valence-corrected chi connectivity index (χ3v) is 3.41. The average molecular weight is 240 g/mol. The number of halogens is 1. The standard InChI is InChI=1S/C14H22ClN/c1-3-11(4-2)9-14(16)10-12-6-5-7-13(15)8-12/h5-8,11,14H,3-4,9-10,16H2,1-2H3. The number of hydrogen-bond donors (Lipinski definition) is 1. The molecule has 0 aromatic heterocycles. The van der Waals surface area contributed by atoms with Crippen molar-refractivity contribution < 1.29 is 0 Å². The summed E-state index contributed by atoms with van der Waals surface area (Å²) in [5.74, 6) is 0.759. The van der Waals surface area contributed by atoms with Gasteiger partial charge in [-0.3, -0.25) is 0 Å². The van der Waals surface area contributed by atoms with Gasteiger partial charge in [-0.1, -0.05) is 50.4 Å². The highest BCUT2D eigenvalue weighted by Gasteiger charge is 2.10. The Labute approximate surface area is 104 Å². The van der Waals surface area contributed by atoms with Gasteiger partial charge in [0.2, 0.25) is 0 Å². The van der Waals surface area contributed by atoms with E-state index in [0.717, 1.165) is 23.8 Å². The lowest BCUT2D eigenvalue weighted by molar-refractivity contribution is 0.407. The summed E-state index contributed by atoms with van der Waals surface area (Å²) in [6.45, 7) is 4.47. The molecule has 1 aromatic rings. The fraction of sp³-hybridized carbons (Fsp3) is 0.571. The second-order valence-corrected chi connectivity index (χ2v) is 4.95. The van der Waals surface area contributed by atoms with Gasteiger partial charge in [-0.25, -0.2) is 0 Å². The van der Waals surface area contributed by atoms with E-state index in [0.29, 0.717) is 0 Å². The maximum Gasteiger partial charge on any atom is 0.0408 e. The van der Waals surface area contributed by atoms with Gasteiger partial charge in [-0.2, -0.15) is 0 Å². The van der Waals surface area contributed by atoms with Crippen molar-refractivity contribution in [2.75, 3.05) is 0 Å². The summed E-state index contributed by atoms with van der Waals surface area (Å²) in [6.07, 6.45) is 4.48. The van der Waals surface area contributed by atoms with Crippen molar-refractivity contribution in [1.82, 2.24) is 0 Å². The molecule has 0 saturated heterocycles. The Morgan fingerprint density at radius 3 is 2.50 bits per heavy atom. The molecule has 0 heterocycles. The fourth-order valence-corrected chi connectivity index (χ4v) is 2.31. The van der Waals surface area contributed by atoms with Crippen LogP contribution in [0.25, 0.3) is 0 Å². The van der Waals surface area contributed by atoms with Gasteiger partial charge in [0.25, 0.3) is 0 Å². The van der Waals surface area contributed by atoms with Crippen molar-refractivity contribution in [1.29, 1.82) is 0 Å². The summed E-state index contributed by atoms with van der Waals surface area (Å²) in [4.78, 5) is 0.